The van der Waals surface area contributed by atoms with Crippen molar-refractivity contribution in [1.29, 1.82) is 0 Å². The minimum Gasteiger partial charge on any atom is -0.316 e. The Bertz CT molecular complexity index is 609. The molecule has 0 saturated carbocycles. The molecule has 100 valence electrons. The van der Waals surface area contributed by atoms with Gasteiger partial charge in [0, 0.05) is 12.1 Å². The summed E-state index contributed by atoms with van der Waals surface area (Å²) >= 11 is 0. The average molecular weight is 265 g/mol. The zero-order valence-corrected chi connectivity index (χ0v) is 10.7. The lowest BCUT2D eigenvalue weighted by molar-refractivity contribution is 0.581. The van der Waals surface area contributed by atoms with E-state index >= 15 is 0 Å². The molecule has 0 heterocycles. The summed E-state index contributed by atoms with van der Waals surface area (Å²) in [6.45, 7) is 1.91. The number of hydrogen-bond donors (Lipinski definition) is 1. The Balaban J connectivity index is 2.54. The molecule has 0 radical (unpaired) electrons. The molecule has 0 saturated heterocycles. The molecule has 0 atom stereocenters. The van der Waals surface area contributed by atoms with Crippen LogP contribution in [0.5, 0.6) is 0 Å². The number of benzene rings is 2. The van der Waals surface area contributed by atoms with Crippen molar-refractivity contribution in [3.05, 3.63) is 58.9 Å². The Morgan fingerprint density at radius 1 is 1.00 bits per heavy atom. The van der Waals surface area contributed by atoms with Gasteiger partial charge in [-0.1, -0.05) is 18.2 Å². The maximum atomic E-state index is 14.0. The van der Waals surface area contributed by atoms with E-state index in [-0.39, 0.29) is 11.1 Å². The van der Waals surface area contributed by atoms with Crippen molar-refractivity contribution in [2.24, 2.45) is 0 Å². The monoisotopic (exact) mass is 265 g/mol. The van der Waals surface area contributed by atoms with E-state index in [1.165, 1.54) is 24.3 Å². The Hall–Kier alpha value is -1.81. The van der Waals surface area contributed by atoms with Gasteiger partial charge >= 0.3 is 0 Å². The number of aryl methyl sites for hydroxylation is 1. The van der Waals surface area contributed by atoms with E-state index in [0.717, 1.165) is 6.07 Å². The van der Waals surface area contributed by atoms with Crippen molar-refractivity contribution in [3.63, 3.8) is 0 Å². The third kappa shape index (κ3) is 2.63. The molecule has 0 aliphatic carbocycles. The van der Waals surface area contributed by atoms with Crippen LogP contribution in [0.2, 0.25) is 0 Å². The second kappa shape index (κ2) is 5.45. The highest BCUT2D eigenvalue weighted by molar-refractivity contribution is 5.66. The first-order valence-electron chi connectivity index (χ1n) is 5.92. The van der Waals surface area contributed by atoms with E-state index in [1.54, 1.807) is 14.0 Å². The van der Waals surface area contributed by atoms with Crippen LogP contribution in [0, 0.1) is 24.4 Å². The highest BCUT2D eigenvalue weighted by atomic mass is 19.1. The molecule has 0 aromatic heterocycles. The summed E-state index contributed by atoms with van der Waals surface area (Å²) in [4.78, 5) is 0. The molecule has 4 heteroatoms. The molecular formula is C15H14F3N. The van der Waals surface area contributed by atoms with Gasteiger partial charge in [-0.15, -0.1) is 0 Å². The molecular weight excluding hydrogens is 251 g/mol. The molecule has 0 spiro atoms. The van der Waals surface area contributed by atoms with Gasteiger partial charge in [0.25, 0.3) is 0 Å². The first-order valence-corrected chi connectivity index (χ1v) is 5.92. The number of halogens is 3. The molecule has 0 amide bonds. The minimum atomic E-state index is -0.691. The topological polar surface area (TPSA) is 12.0 Å². The van der Waals surface area contributed by atoms with Crippen molar-refractivity contribution in [3.8, 4) is 11.1 Å². The second-order valence-electron chi connectivity index (χ2n) is 4.39. The zero-order chi connectivity index (χ0) is 14.0. The van der Waals surface area contributed by atoms with Crippen LogP contribution in [0.25, 0.3) is 11.1 Å². The van der Waals surface area contributed by atoms with Crippen LogP contribution < -0.4 is 5.32 Å². The Labute approximate surface area is 110 Å². The van der Waals surface area contributed by atoms with E-state index in [2.05, 4.69) is 5.32 Å². The minimum absolute atomic E-state index is 0.185. The van der Waals surface area contributed by atoms with Gasteiger partial charge in [0.15, 0.2) is 0 Å². The van der Waals surface area contributed by atoms with Gasteiger partial charge in [-0.25, -0.2) is 13.2 Å². The van der Waals surface area contributed by atoms with Gasteiger partial charge in [0.2, 0.25) is 0 Å². The van der Waals surface area contributed by atoms with Gasteiger partial charge < -0.3 is 5.32 Å². The smallest absolute Gasteiger partial charge is 0.136 e. The highest BCUT2D eigenvalue weighted by Gasteiger charge is 2.15. The van der Waals surface area contributed by atoms with Gasteiger partial charge in [0.05, 0.1) is 5.56 Å². The van der Waals surface area contributed by atoms with Gasteiger partial charge in [-0.2, -0.15) is 0 Å². The Kier molecular flexibility index (Phi) is 3.90. The zero-order valence-electron chi connectivity index (χ0n) is 10.7. The molecule has 2 rings (SSSR count). The molecule has 0 aliphatic heterocycles. The van der Waals surface area contributed by atoms with Crippen molar-refractivity contribution >= 4 is 0 Å². The first-order chi connectivity index (χ1) is 9.04. The molecule has 0 aliphatic rings. The van der Waals surface area contributed by atoms with Crippen molar-refractivity contribution < 1.29 is 13.2 Å². The van der Waals surface area contributed by atoms with E-state index in [9.17, 15) is 13.2 Å². The lowest BCUT2D eigenvalue weighted by Gasteiger charge is -2.09. The van der Waals surface area contributed by atoms with Crippen LogP contribution in [-0.2, 0) is 6.54 Å². The second-order valence-corrected chi connectivity index (χ2v) is 4.39. The molecule has 0 bridgehead atoms. The van der Waals surface area contributed by atoms with Gasteiger partial charge in [-0.3, -0.25) is 0 Å². The summed E-state index contributed by atoms with van der Waals surface area (Å²) in [6, 6.07) is 6.76. The maximum Gasteiger partial charge on any atom is 0.136 e. The van der Waals surface area contributed by atoms with Crippen molar-refractivity contribution in [2.75, 3.05) is 7.05 Å². The summed E-state index contributed by atoms with van der Waals surface area (Å²) < 4.78 is 41.5. The maximum absolute atomic E-state index is 14.0. The standard InChI is InChI=1S/C15H14F3N/c1-9-3-6-12(16)14(15(9)18)10-4-5-11(8-19-2)13(17)7-10/h3-7,19H,8H2,1-2H3. The van der Waals surface area contributed by atoms with Crippen molar-refractivity contribution in [1.82, 2.24) is 5.32 Å². The van der Waals surface area contributed by atoms with Crippen LogP contribution in [0.15, 0.2) is 30.3 Å². The fourth-order valence-electron chi connectivity index (χ4n) is 1.96. The van der Waals surface area contributed by atoms with Gasteiger partial charge in [0.1, 0.15) is 17.5 Å². The fraction of sp³-hybridized carbons (Fsp3) is 0.200. The van der Waals surface area contributed by atoms with Gasteiger partial charge in [-0.05, 0) is 37.2 Å². The van der Waals surface area contributed by atoms with Crippen LogP contribution >= 0.6 is 0 Å². The lowest BCUT2D eigenvalue weighted by atomic mass is 10.00. The predicted octanol–water partition coefficient (Wildman–Crippen LogP) is 3.80. The van der Waals surface area contributed by atoms with Crippen molar-refractivity contribution in [2.45, 2.75) is 13.5 Å². The SMILES string of the molecule is CNCc1ccc(-c2c(F)ccc(C)c2F)cc1F. The Morgan fingerprint density at radius 2 is 1.74 bits per heavy atom. The third-order valence-electron chi connectivity index (χ3n) is 2.99. The average Bonchev–Trinajstić information content (AvgIpc) is 2.38. The van der Waals surface area contributed by atoms with E-state index in [4.69, 9.17) is 0 Å². The normalized spacial score (nSPS) is 10.8. The van der Waals surface area contributed by atoms with Crippen LogP contribution in [-0.4, -0.2) is 7.05 Å². The molecule has 2 aromatic rings. The van der Waals surface area contributed by atoms with Crippen LogP contribution in [0.4, 0.5) is 13.2 Å². The fourth-order valence-corrected chi connectivity index (χ4v) is 1.96. The number of rotatable bonds is 3. The molecule has 19 heavy (non-hydrogen) atoms. The number of hydrogen-bond acceptors (Lipinski definition) is 1. The molecule has 1 nitrogen and oxygen atoms in total. The largest absolute Gasteiger partial charge is 0.316 e. The van der Waals surface area contributed by atoms with E-state index in [1.807, 2.05) is 0 Å². The highest BCUT2D eigenvalue weighted by Crippen LogP contribution is 2.29. The Morgan fingerprint density at radius 3 is 2.37 bits per heavy atom. The molecule has 0 unspecified atom stereocenters. The van der Waals surface area contributed by atoms with E-state index < -0.39 is 17.5 Å². The lowest BCUT2D eigenvalue weighted by Crippen LogP contribution is -2.07. The summed E-state index contributed by atoms with van der Waals surface area (Å²) in [6.07, 6.45) is 0. The summed E-state index contributed by atoms with van der Waals surface area (Å²) in [5.74, 6) is -1.82. The van der Waals surface area contributed by atoms with E-state index in [0.29, 0.717) is 17.7 Å². The summed E-state index contributed by atoms with van der Waals surface area (Å²) in [5.41, 5.74) is 0.807. The van der Waals surface area contributed by atoms with Crippen LogP contribution in [0.1, 0.15) is 11.1 Å². The quantitative estimate of drug-likeness (QED) is 0.890. The molecule has 1 N–H and O–H groups in total. The van der Waals surface area contributed by atoms with Crippen LogP contribution in [0.3, 0.4) is 0 Å². The molecule has 0 fully saturated rings. The number of nitrogens with one attached hydrogen (secondary N) is 1. The predicted molar refractivity (Wildman–Crippen MR) is 69.3 cm³/mol. The molecule has 2 aromatic carbocycles. The first kappa shape index (κ1) is 13.6. The summed E-state index contributed by atoms with van der Waals surface area (Å²) in [5, 5.41) is 2.83. The summed E-state index contributed by atoms with van der Waals surface area (Å²) in [7, 11) is 1.70. The third-order valence-corrected chi connectivity index (χ3v) is 2.99.